The molecule has 0 spiro atoms. The maximum absolute atomic E-state index is 13.2. The molecule has 2 aromatic heterocycles. The van der Waals surface area contributed by atoms with Crippen molar-refractivity contribution in [3.05, 3.63) is 83.3 Å². The molecule has 0 saturated carbocycles. The monoisotopic (exact) mass is 439 g/mol. The Morgan fingerprint density at radius 1 is 0.852 bits per heavy atom. The standard InChI is InChI=1S/C20H14AsNO4S/c21-27(24,25)15-7-5-14(6-8-15)20-18(13-9-11-22-12-10-13)19(23)16-3-1-2-4-17(16)26-20/h1-12H,21H2. The molecule has 0 aliphatic heterocycles. The SMILES string of the molecule is O=c1c(-c2ccncc2)c(-c2ccc(S(=O)(=O)[AsH2])cc2)oc2ccccc12. The average molecular weight is 439 g/mol. The molecule has 0 saturated heterocycles. The molecule has 0 amide bonds. The maximum atomic E-state index is 13.2. The van der Waals surface area contributed by atoms with Crippen LogP contribution in [0.15, 0.2) is 87.2 Å². The van der Waals surface area contributed by atoms with Gasteiger partial charge in [0.05, 0.1) is 0 Å². The number of aromatic nitrogens is 1. The molecule has 2 heterocycles. The molecule has 0 fully saturated rings. The van der Waals surface area contributed by atoms with Gasteiger partial charge in [-0.25, -0.2) is 0 Å². The molecular weight excluding hydrogens is 425 g/mol. The number of pyridine rings is 1. The fourth-order valence-electron chi connectivity index (χ4n) is 2.92. The number of hydrogen-bond donors (Lipinski definition) is 0. The molecule has 27 heavy (non-hydrogen) atoms. The minimum absolute atomic E-state index is 0.145. The van der Waals surface area contributed by atoms with Crippen LogP contribution in [-0.2, 0) is 8.10 Å². The van der Waals surface area contributed by atoms with E-state index in [0.29, 0.717) is 49.1 Å². The topological polar surface area (TPSA) is 77.2 Å². The van der Waals surface area contributed by atoms with Crippen LogP contribution in [-0.4, -0.2) is 29.1 Å². The minimum atomic E-state index is -3.24. The van der Waals surface area contributed by atoms with Gasteiger partial charge in [-0.3, -0.25) is 0 Å². The van der Waals surface area contributed by atoms with Crippen molar-refractivity contribution in [3.63, 3.8) is 0 Å². The fourth-order valence-corrected chi connectivity index (χ4v) is 4.43. The van der Waals surface area contributed by atoms with Crippen molar-refractivity contribution < 1.29 is 12.8 Å². The van der Waals surface area contributed by atoms with Gasteiger partial charge < -0.3 is 0 Å². The molecule has 0 aliphatic carbocycles. The van der Waals surface area contributed by atoms with Crippen molar-refractivity contribution in [1.29, 1.82) is 0 Å². The zero-order chi connectivity index (χ0) is 19.0. The Balaban J connectivity index is 2.03. The van der Waals surface area contributed by atoms with Gasteiger partial charge in [-0.1, -0.05) is 0 Å². The van der Waals surface area contributed by atoms with Crippen molar-refractivity contribution in [2.24, 2.45) is 0 Å². The number of benzene rings is 2. The Morgan fingerprint density at radius 3 is 2.19 bits per heavy atom. The van der Waals surface area contributed by atoms with Gasteiger partial charge in [0.2, 0.25) is 0 Å². The molecule has 1 atom stereocenters. The van der Waals surface area contributed by atoms with Crippen LogP contribution >= 0.6 is 0 Å². The van der Waals surface area contributed by atoms with E-state index in [1.54, 1.807) is 60.9 Å². The normalized spacial score (nSPS) is 11.6. The van der Waals surface area contributed by atoms with Crippen LogP contribution in [0.25, 0.3) is 33.4 Å². The molecular formula is C20H14AsNO4S. The van der Waals surface area contributed by atoms with E-state index in [2.05, 4.69) is 4.98 Å². The summed E-state index contributed by atoms with van der Waals surface area (Å²) < 4.78 is 29.6. The van der Waals surface area contributed by atoms with E-state index in [0.717, 1.165) is 0 Å². The number of fused-ring (bicyclic) bond motifs is 1. The summed E-state index contributed by atoms with van der Waals surface area (Å²) in [5.41, 5.74) is 2.08. The summed E-state index contributed by atoms with van der Waals surface area (Å²) in [6, 6.07) is 16.9. The summed E-state index contributed by atoms with van der Waals surface area (Å²) in [5, 5.41) is 0.489. The van der Waals surface area contributed by atoms with E-state index in [4.69, 9.17) is 4.42 Å². The van der Waals surface area contributed by atoms with Crippen LogP contribution in [0.3, 0.4) is 0 Å². The zero-order valence-electron chi connectivity index (χ0n) is 14.0. The molecule has 7 heteroatoms. The molecule has 0 N–H and O–H groups in total. The van der Waals surface area contributed by atoms with Crippen LogP contribution in [0.4, 0.5) is 0 Å². The van der Waals surface area contributed by atoms with Gasteiger partial charge in [-0.2, -0.15) is 0 Å². The summed E-state index contributed by atoms with van der Waals surface area (Å²) >= 11 is 0.653. The summed E-state index contributed by atoms with van der Waals surface area (Å²) in [6.07, 6.45) is 3.23. The van der Waals surface area contributed by atoms with E-state index in [1.165, 1.54) is 12.1 Å². The van der Waals surface area contributed by atoms with Crippen molar-refractivity contribution in [3.8, 4) is 22.5 Å². The van der Waals surface area contributed by atoms with Gasteiger partial charge in [-0.05, 0) is 0 Å². The molecule has 2 aromatic carbocycles. The van der Waals surface area contributed by atoms with Gasteiger partial charge in [0, 0.05) is 0 Å². The zero-order valence-corrected chi connectivity index (χ0v) is 17.2. The first kappa shape index (κ1) is 17.7. The number of para-hydroxylation sites is 1. The van der Waals surface area contributed by atoms with Gasteiger partial charge in [0.25, 0.3) is 0 Å². The molecule has 4 aromatic rings. The Morgan fingerprint density at radius 2 is 1.52 bits per heavy atom. The van der Waals surface area contributed by atoms with Crippen molar-refractivity contribution in [1.82, 2.24) is 4.98 Å². The molecule has 0 radical (unpaired) electrons. The Kier molecular flexibility index (Phi) is 4.46. The molecule has 5 nitrogen and oxygen atoms in total. The third-order valence-electron chi connectivity index (χ3n) is 4.21. The van der Waals surface area contributed by atoms with E-state index in [1.807, 2.05) is 0 Å². The van der Waals surface area contributed by atoms with Crippen molar-refractivity contribution >= 4 is 34.8 Å². The first-order chi connectivity index (χ1) is 12.9. The second-order valence-corrected chi connectivity index (χ2v) is 11.4. The molecule has 4 rings (SSSR count). The molecule has 0 bridgehead atoms. The summed E-state index contributed by atoms with van der Waals surface area (Å²) in [6.45, 7) is 0. The third kappa shape index (κ3) is 3.34. The van der Waals surface area contributed by atoms with Crippen LogP contribution in [0, 0.1) is 0 Å². The van der Waals surface area contributed by atoms with E-state index >= 15 is 0 Å². The van der Waals surface area contributed by atoms with Crippen LogP contribution in [0.1, 0.15) is 0 Å². The van der Waals surface area contributed by atoms with E-state index < -0.39 is 8.10 Å². The van der Waals surface area contributed by atoms with Crippen LogP contribution in [0.2, 0.25) is 0 Å². The molecule has 1 unspecified atom stereocenters. The Labute approximate surface area is 163 Å². The second-order valence-electron chi connectivity index (χ2n) is 5.94. The predicted octanol–water partition coefficient (Wildman–Crippen LogP) is 2.84. The fraction of sp³-hybridized carbons (Fsp3) is 0. The van der Waals surface area contributed by atoms with E-state index in [-0.39, 0.29) is 10.3 Å². The Hall–Kier alpha value is -2.69. The predicted molar refractivity (Wildman–Crippen MR) is 107 cm³/mol. The summed E-state index contributed by atoms with van der Waals surface area (Å²) in [5.74, 6) is 0.399. The van der Waals surface area contributed by atoms with Gasteiger partial charge in [-0.15, -0.1) is 0 Å². The first-order valence-electron chi connectivity index (χ1n) is 8.04. The number of hydrogen-bond acceptors (Lipinski definition) is 5. The van der Waals surface area contributed by atoms with Crippen LogP contribution in [0.5, 0.6) is 0 Å². The summed E-state index contributed by atoms with van der Waals surface area (Å²) in [7, 11) is -3.24. The third-order valence-corrected chi connectivity index (χ3v) is 6.85. The first-order valence-corrected chi connectivity index (χ1v) is 12.6. The summed E-state index contributed by atoms with van der Waals surface area (Å²) in [4.78, 5) is 17.4. The van der Waals surface area contributed by atoms with Gasteiger partial charge in [0.1, 0.15) is 0 Å². The number of rotatable bonds is 3. The van der Waals surface area contributed by atoms with Crippen molar-refractivity contribution in [2.45, 2.75) is 4.90 Å². The average Bonchev–Trinajstić information content (AvgIpc) is 2.68. The quantitative estimate of drug-likeness (QED) is 0.459. The van der Waals surface area contributed by atoms with Crippen LogP contribution < -0.4 is 5.43 Å². The van der Waals surface area contributed by atoms with Gasteiger partial charge >= 0.3 is 163 Å². The van der Waals surface area contributed by atoms with Crippen molar-refractivity contribution in [2.75, 3.05) is 0 Å². The molecule has 0 aliphatic rings. The number of nitrogens with zero attached hydrogens (tertiary/aromatic N) is 1. The Bertz CT molecular complexity index is 1300. The second kappa shape index (κ2) is 6.80. The molecule has 134 valence electrons. The van der Waals surface area contributed by atoms with E-state index in [9.17, 15) is 13.2 Å². The van der Waals surface area contributed by atoms with Gasteiger partial charge in [0.15, 0.2) is 0 Å².